The lowest BCUT2D eigenvalue weighted by Crippen LogP contribution is -2.57. The third kappa shape index (κ3) is 5.16. The second-order valence-corrected chi connectivity index (χ2v) is 8.50. The number of aromatic amines is 1. The Morgan fingerprint density at radius 1 is 1.26 bits per heavy atom. The number of nitrogens with zero attached hydrogens (tertiary/aromatic N) is 3. The highest BCUT2D eigenvalue weighted by Gasteiger charge is 2.35. The molecule has 9 heteroatoms. The maximum absolute atomic E-state index is 12.9. The minimum atomic E-state index is -0.250. The first kappa shape index (κ1) is 21.6. The molecule has 4 fully saturated rings. The van der Waals surface area contributed by atoms with Gasteiger partial charge < -0.3 is 20.1 Å². The van der Waals surface area contributed by atoms with E-state index >= 15 is 0 Å². The van der Waals surface area contributed by atoms with E-state index in [1.807, 2.05) is 18.2 Å². The fourth-order valence-corrected chi connectivity index (χ4v) is 4.92. The molecule has 4 aliphatic rings. The highest BCUT2D eigenvalue weighted by atomic mass is 16.5. The summed E-state index contributed by atoms with van der Waals surface area (Å²) in [6, 6.07) is 6.06. The highest BCUT2D eigenvalue weighted by Crippen LogP contribution is 2.28. The van der Waals surface area contributed by atoms with Crippen molar-refractivity contribution in [1.82, 2.24) is 25.3 Å². The molecule has 9 nitrogen and oxygen atoms in total. The topological polar surface area (TPSA) is 111 Å². The molecule has 0 aliphatic carbocycles. The SMILES string of the molecule is O=C(N[C@@H]1CN2CCC1CC2)c1n[nH]c2ccc(OCCN3CCCC3)cc12.O=CO. The summed E-state index contributed by atoms with van der Waals surface area (Å²) >= 11 is 0. The molecule has 168 valence electrons. The van der Waals surface area contributed by atoms with Gasteiger partial charge in [-0.3, -0.25) is 19.6 Å². The van der Waals surface area contributed by atoms with Crippen molar-refractivity contribution in [3.63, 3.8) is 0 Å². The Labute approximate surface area is 181 Å². The second kappa shape index (κ2) is 10.1. The van der Waals surface area contributed by atoms with Crippen LogP contribution < -0.4 is 10.1 Å². The van der Waals surface area contributed by atoms with Crippen molar-refractivity contribution in [3.05, 3.63) is 23.9 Å². The van der Waals surface area contributed by atoms with Crippen LogP contribution in [-0.4, -0.2) is 89.4 Å². The standard InChI is InChI=1S/C21H29N5O2.CH2O2/c27-21(22-19-14-26-9-5-15(19)6-10-26)20-17-13-16(3-4-18(17)23-24-20)28-12-11-25-7-1-2-8-25;2-1-3/h3-4,13,15,19H,1-2,5-12,14H2,(H,22,27)(H,23,24);1H,(H,2,3)/t19-;/m1./s1. The molecule has 2 bridgehead atoms. The summed E-state index contributed by atoms with van der Waals surface area (Å²) in [5, 5.41) is 18.2. The number of hydrogen-bond acceptors (Lipinski definition) is 6. The number of rotatable bonds is 6. The zero-order valence-electron chi connectivity index (χ0n) is 17.8. The molecule has 0 saturated carbocycles. The average Bonchev–Trinajstić information content (AvgIpc) is 3.45. The molecule has 1 atom stereocenters. The van der Waals surface area contributed by atoms with Gasteiger partial charge in [-0.15, -0.1) is 0 Å². The van der Waals surface area contributed by atoms with Gasteiger partial charge in [0.1, 0.15) is 12.4 Å². The summed E-state index contributed by atoms with van der Waals surface area (Å²) < 4.78 is 5.95. The lowest BCUT2D eigenvalue weighted by Gasteiger charge is -2.44. The Bertz CT molecular complexity index is 887. The van der Waals surface area contributed by atoms with Crippen LogP contribution >= 0.6 is 0 Å². The number of piperidine rings is 3. The van der Waals surface area contributed by atoms with Crippen LogP contribution in [0.2, 0.25) is 0 Å². The van der Waals surface area contributed by atoms with Crippen LogP contribution in [0.3, 0.4) is 0 Å². The van der Waals surface area contributed by atoms with Gasteiger partial charge >= 0.3 is 0 Å². The van der Waals surface area contributed by atoms with E-state index in [2.05, 4.69) is 25.3 Å². The molecule has 0 spiro atoms. The van der Waals surface area contributed by atoms with Gasteiger partial charge in [-0.05, 0) is 76.0 Å². The maximum Gasteiger partial charge on any atom is 0.290 e. The molecule has 0 unspecified atom stereocenters. The van der Waals surface area contributed by atoms with Crippen LogP contribution in [0.15, 0.2) is 18.2 Å². The first-order valence-electron chi connectivity index (χ1n) is 11.1. The van der Waals surface area contributed by atoms with Crippen LogP contribution in [0.25, 0.3) is 10.9 Å². The van der Waals surface area contributed by atoms with Crippen LogP contribution in [0, 0.1) is 5.92 Å². The molecule has 5 heterocycles. The minimum absolute atomic E-state index is 0.0841. The van der Waals surface area contributed by atoms with Gasteiger partial charge in [-0.25, -0.2) is 0 Å². The number of H-pyrrole nitrogens is 1. The Hall–Kier alpha value is -2.65. The van der Waals surface area contributed by atoms with Crippen LogP contribution in [0.4, 0.5) is 0 Å². The van der Waals surface area contributed by atoms with Crippen molar-refractivity contribution in [2.24, 2.45) is 5.92 Å². The monoisotopic (exact) mass is 429 g/mol. The third-order valence-electron chi connectivity index (χ3n) is 6.60. The fraction of sp³-hybridized carbons (Fsp3) is 0.591. The van der Waals surface area contributed by atoms with Gasteiger partial charge in [0.2, 0.25) is 0 Å². The number of nitrogens with one attached hydrogen (secondary N) is 2. The molecular formula is C22H31N5O4. The third-order valence-corrected chi connectivity index (χ3v) is 6.60. The lowest BCUT2D eigenvalue weighted by atomic mass is 9.84. The summed E-state index contributed by atoms with van der Waals surface area (Å²) in [4.78, 5) is 26.1. The highest BCUT2D eigenvalue weighted by molar-refractivity contribution is 6.05. The van der Waals surface area contributed by atoms with E-state index in [1.165, 1.54) is 51.9 Å². The molecule has 2 aromatic rings. The molecule has 4 saturated heterocycles. The molecule has 1 aromatic carbocycles. The molecule has 3 N–H and O–H groups in total. The van der Waals surface area contributed by atoms with E-state index in [1.54, 1.807) is 0 Å². The van der Waals surface area contributed by atoms with Crippen molar-refractivity contribution in [2.75, 3.05) is 45.9 Å². The first-order valence-corrected chi connectivity index (χ1v) is 11.1. The predicted molar refractivity (Wildman–Crippen MR) is 116 cm³/mol. The Balaban J connectivity index is 0.000000730. The summed E-state index contributed by atoms with van der Waals surface area (Å²) in [6.07, 6.45) is 4.95. The van der Waals surface area contributed by atoms with Gasteiger partial charge in [0, 0.05) is 24.5 Å². The van der Waals surface area contributed by atoms with E-state index in [9.17, 15) is 4.79 Å². The predicted octanol–water partition coefficient (Wildman–Crippen LogP) is 1.56. The van der Waals surface area contributed by atoms with Crippen molar-refractivity contribution in [2.45, 2.75) is 31.7 Å². The van der Waals surface area contributed by atoms with Crippen LogP contribution in [-0.2, 0) is 4.79 Å². The van der Waals surface area contributed by atoms with Crippen molar-refractivity contribution >= 4 is 23.3 Å². The molecular weight excluding hydrogens is 398 g/mol. The average molecular weight is 430 g/mol. The van der Waals surface area contributed by atoms with Crippen molar-refractivity contribution < 1.29 is 19.4 Å². The number of carboxylic acid groups (broad SMARTS) is 1. The van der Waals surface area contributed by atoms with E-state index in [4.69, 9.17) is 14.6 Å². The zero-order valence-corrected chi connectivity index (χ0v) is 17.8. The van der Waals surface area contributed by atoms with Crippen LogP contribution in [0.5, 0.6) is 5.75 Å². The first-order chi connectivity index (χ1) is 15.2. The van der Waals surface area contributed by atoms with E-state index in [0.717, 1.165) is 29.7 Å². The number of amides is 1. The van der Waals surface area contributed by atoms with Gasteiger partial charge in [-0.2, -0.15) is 5.10 Å². The van der Waals surface area contributed by atoms with Gasteiger partial charge in [0.25, 0.3) is 12.4 Å². The maximum atomic E-state index is 12.9. The Kier molecular flexibility index (Phi) is 7.03. The summed E-state index contributed by atoms with van der Waals surface area (Å²) in [6.45, 7) is 7.02. The number of ether oxygens (including phenoxy) is 1. The number of carbonyl (C=O) groups is 2. The molecule has 1 amide bonds. The van der Waals surface area contributed by atoms with Gasteiger partial charge in [0.15, 0.2) is 5.69 Å². The Morgan fingerprint density at radius 3 is 2.68 bits per heavy atom. The second-order valence-electron chi connectivity index (χ2n) is 8.50. The number of hydrogen-bond donors (Lipinski definition) is 3. The number of carbonyl (C=O) groups excluding carboxylic acids is 1. The van der Waals surface area contributed by atoms with Gasteiger partial charge in [-0.1, -0.05) is 0 Å². The quantitative estimate of drug-likeness (QED) is 0.598. The Morgan fingerprint density at radius 2 is 2.00 bits per heavy atom. The zero-order chi connectivity index (χ0) is 21.6. The molecule has 4 aliphatic heterocycles. The van der Waals surface area contributed by atoms with Crippen molar-refractivity contribution in [1.29, 1.82) is 0 Å². The summed E-state index contributed by atoms with van der Waals surface area (Å²) in [5.41, 5.74) is 1.34. The van der Waals surface area contributed by atoms with Crippen LogP contribution in [0.1, 0.15) is 36.2 Å². The van der Waals surface area contributed by atoms with E-state index in [-0.39, 0.29) is 18.4 Å². The number of likely N-dealkylation sites (tertiary alicyclic amines) is 1. The minimum Gasteiger partial charge on any atom is -0.492 e. The summed E-state index contributed by atoms with van der Waals surface area (Å²) in [5.74, 6) is 1.31. The number of benzene rings is 1. The largest absolute Gasteiger partial charge is 0.492 e. The molecule has 1 aromatic heterocycles. The van der Waals surface area contributed by atoms with E-state index < -0.39 is 0 Å². The molecule has 6 rings (SSSR count). The number of fused-ring (bicyclic) bond motifs is 4. The summed E-state index contributed by atoms with van der Waals surface area (Å²) in [7, 11) is 0. The van der Waals surface area contributed by atoms with Crippen molar-refractivity contribution in [3.8, 4) is 5.75 Å². The normalized spacial score (nSPS) is 25.1. The molecule has 0 radical (unpaired) electrons. The lowest BCUT2D eigenvalue weighted by molar-refractivity contribution is -0.122. The van der Waals surface area contributed by atoms with Gasteiger partial charge in [0.05, 0.1) is 5.52 Å². The molecule has 31 heavy (non-hydrogen) atoms. The fourth-order valence-electron chi connectivity index (χ4n) is 4.92. The van der Waals surface area contributed by atoms with E-state index in [0.29, 0.717) is 18.2 Å². The smallest absolute Gasteiger partial charge is 0.290 e. The number of aromatic nitrogens is 2.